The van der Waals surface area contributed by atoms with E-state index in [1.165, 1.54) is 20.9 Å². The molecule has 0 spiro atoms. The molecule has 1 heterocycles. The molecular formula is C16H21NS. The first kappa shape index (κ1) is 13.3. The summed E-state index contributed by atoms with van der Waals surface area (Å²) in [4.78, 5) is 2.80. The van der Waals surface area contributed by atoms with E-state index < -0.39 is 0 Å². The summed E-state index contributed by atoms with van der Waals surface area (Å²) in [6, 6.07) is 13.2. The Hall–Kier alpha value is -1.12. The summed E-state index contributed by atoms with van der Waals surface area (Å²) in [5.74, 6) is 0. The van der Waals surface area contributed by atoms with Crippen LogP contribution in [0.5, 0.6) is 0 Å². The van der Waals surface area contributed by atoms with E-state index in [9.17, 15) is 0 Å². The highest BCUT2D eigenvalue weighted by Gasteiger charge is 2.21. The Labute approximate surface area is 114 Å². The lowest BCUT2D eigenvalue weighted by molar-refractivity contribution is 0.503. The van der Waals surface area contributed by atoms with E-state index in [2.05, 4.69) is 62.5 Å². The summed E-state index contributed by atoms with van der Waals surface area (Å²) in [6.45, 7) is 7.72. The molecule has 2 rings (SSSR count). The maximum atomic E-state index is 3.27. The zero-order valence-corrected chi connectivity index (χ0v) is 12.4. The van der Waals surface area contributed by atoms with Crippen molar-refractivity contribution in [2.45, 2.75) is 26.2 Å². The molecule has 0 aliphatic carbocycles. The van der Waals surface area contributed by atoms with Crippen LogP contribution in [0.25, 0.3) is 10.4 Å². The second-order valence-corrected chi connectivity index (χ2v) is 6.53. The van der Waals surface area contributed by atoms with Crippen molar-refractivity contribution < 1.29 is 0 Å². The Bertz CT molecular complexity index is 525. The molecule has 1 aromatic carbocycles. The van der Waals surface area contributed by atoms with E-state index in [1.807, 2.05) is 18.4 Å². The van der Waals surface area contributed by atoms with Crippen molar-refractivity contribution in [2.24, 2.45) is 0 Å². The van der Waals surface area contributed by atoms with Crippen molar-refractivity contribution in [3.8, 4) is 10.4 Å². The lowest BCUT2D eigenvalue weighted by Gasteiger charge is -2.22. The van der Waals surface area contributed by atoms with Gasteiger partial charge >= 0.3 is 0 Å². The van der Waals surface area contributed by atoms with Crippen LogP contribution in [0.4, 0.5) is 0 Å². The van der Waals surface area contributed by atoms with Gasteiger partial charge in [0.05, 0.1) is 0 Å². The number of benzene rings is 1. The molecule has 2 heteroatoms. The molecule has 1 N–H and O–H groups in total. The molecule has 1 aromatic heterocycles. The zero-order valence-electron chi connectivity index (χ0n) is 11.6. The van der Waals surface area contributed by atoms with Crippen LogP contribution in [0, 0.1) is 6.92 Å². The first-order chi connectivity index (χ1) is 8.53. The largest absolute Gasteiger partial charge is 0.319 e. The monoisotopic (exact) mass is 259 g/mol. The molecule has 18 heavy (non-hydrogen) atoms. The number of aryl methyl sites for hydroxylation is 1. The van der Waals surface area contributed by atoms with E-state index in [0.717, 1.165) is 6.54 Å². The topological polar surface area (TPSA) is 12.0 Å². The molecule has 0 saturated heterocycles. The average Bonchev–Trinajstić information content (AvgIpc) is 2.78. The molecule has 0 atom stereocenters. The predicted molar refractivity (Wildman–Crippen MR) is 81.4 cm³/mol. The van der Waals surface area contributed by atoms with Crippen LogP contribution in [0.2, 0.25) is 0 Å². The molecule has 0 radical (unpaired) electrons. The van der Waals surface area contributed by atoms with Gasteiger partial charge in [0.1, 0.15) is 0 Å². The normalized spacial score (nSPS) is 11.8. The number of hydrogen-bond acceptors (Lipinski definition) is 2. The number of rotatable bonds is 4. The molecule has 1 nitrogen and oxygen atoms in total. The highest BCUT2D eigenvalue weighted by molar-refractivity contribution is 7.15. The third-order valence-corrected chi connectivity index (χ3v) is 4.69. The summed E-state index contributed by atoms with van der Waals surface area (Å²) >= 11 is 1.90. The van der Waals surface area contributed by atoms with Gasteiger partial charge in [-0.05, 0) is 31.7 Å². The lowest BCUT2D eigenvalue weighted by Crippen LogP contribution is -2.29. The Morgan fingerprint density at radius 3 is 2.61 bits per heavy atom. The highest BCUT2D eigenvalue weighted by Crippen LogP contribution is 2.35. The number of likely N-dealkylation sites (N-methyl/N-ethyl adjacent to an activating group) is 1. The van der Waals surface area contributed by atoms with E-state index in [4.69, 9.17) is 0 Å². The fourth-order valence-corrected chi connectivity index (χ4v) is 3.29. The van der Waals surface area contributed by atoms with Crippen molar-refractivity contribution in [3.05, 3.63) is 46.8 Å². The SMILES string of the molecule is CNCC(C)(C)c1ccc(-c2cccc(C)c2)s1. The average molecular weight is 259 g/mol. The zero-order chi connectivity index (χ0) is 13.2. The van der Waals surface area contributed by atoms with Gasteiger partial charge < -0.3 is 5.32 Å². The second-order valence-electron chi connectivity index (χ2n) is 5.45. The van der Waals surface area contributed by atoms with Gasteiger partial charge in [0.2, 0.25) is 0 Å². The second kappa shape index (κ2) is 5.25. The molecule has 0 amide bonds. The minimum atomic E-state index is 0.196. The van der Waals surface area contributed by atoms with Gasteiger partial charge in [-0.1, -0.05) is 43.7 Å². The molecule has 0 saturated carbocycles. The van der Waals surface area contributed by atoms with E-state index in [1.54, 1.807) is 0 Å². The molecule has 0 aliphatic heterocycles. The van der Waals surface area contributed by atoms with Crippen molar-refractivity contribution >= 4 is 11.3 Å². The summed E-state index contributed by atoms with van der Waals surface area (Å²) < 4.78 is 0. The maximum Gasteiger partial charge on any atom is 0.0345 e. The fraction of sp³-hybridized carbons (Fsp3) is 0.375. The minimum Gasteiger partial charge on any atom is -0.319 e. The van der Waals surface area contributed by atoms with Crippen LogP contribution in [-0.2, 0) is 5.41 Å². The van der Waals surface area contributed by atoms with Crippen molar-refractivity contribution in [1.82, 2.24) is 5.32 Å². The number of hydrogen-bond donors (Lipinski definition) is 1. The van der Waals surface area contributed by atoms with Crippen molar-refractivity contribution in [2.75, 3.05) is 13.6 Å². The smallest absolute Gasteiger partial charge is 0.0345 e. The van der Waals surface area contributed by atoms with Gasteiger partial charge in [0, 0.05) is 21.7 Å². The van der Waals surface area contributed by atoms with Crippen LogP contribution in [0.3, 0.4) is 0 Å². The quantitative estimate of drug-likeness (QED) is 0.867. The van der Waals surface area contributed by atoms with Crippen LogP contribution >= 0.6 is 11.3 Å². The number of nitrogens with one attached hydrogen (secondary N) is 1. The highest BCUT2D eigenvalue weighted by atomic mass is 32.1. The van der Waals surface area contributed by atoms with Gasteiger partial charge in [-0.2, -0.15) is 0 Å². The van der Waals surface area contributed by atoms with Crippen LogP contribution in [0.1, 0.15) is 24.3 Å². The first-order valence-corrected chi connectivity index (χ1v) is 7.16. The molecule has 2 aromatic rings. The summed E-state index contributed by atoms with van der Waals surface area (Å²) in [7, 11) is 2.01. The van der Waals surface area contributed by atoms with E-state index >= 15 is 0 Å². The predicted octanol–water partition coefficient (Wildman–Crippen LogP) is 4.22. The Balaban J connectivity index is 2.31. The molecule has 0 aliphatic rings. The number of thiophene rings is 1. The molecular weight excluding hydrogens is 238 g/mol. The van der Waals surface area contributed by atoms with Gasteiger partial charge in [-0.15, -0.1) is 11.3 Å². The summed E-state index contributed by atoms with van der Waals surface area (Å²) in [5.41, 5.74) is 2.84. The van der Waals surface area contributed by atoms with Crippen LogP contribution < -0.4 is 5.32 Å². The van der Waals surface area contributed by atoms with Crippen molar-refractivity contribution in [3.63, 3.8) is 0 Å². The van der Waals surface area contributed by atoms with E-state index in [-0.39, 0.29) is 5.41 Å². The fourth-order valence-electron chi connectivity index (χ4n) is 2.18. The Morgan fingerprint density at radius 1 is 1.17 bits per heavy atom. The van der Waals surface area contributed by atoms with Crippen LogP contribution in [0.15, 0.2) is 36.4 Å². The van der Waals surface area contributed by atoms with Gasteiger partial charge in [-0.3, -0.25) is 0 Å². The minimum absolute atomic E-state index is 0.196. The molecule has 0 unspecified atom stereocenters. The first-order valence-electron chi connectivity index (χ1n) is 6.35. The van der Waals surface area contributed by atoms with Gasteiger partial charge in [0.25, 0.3) is 0 Å². The maximum absolute atomic E-state index is 3.27. The van der Waals surface area contributed by atoms with E-state index in [0.29, 0.717) is 0 Å². The third kappa shape index (κ3) is 2.82. The lowest BCUT2D eigenvalue weighted by atomic mass is 9.91. The standard InChI is InChI=1S/C16H21NS/c1-12-6-5-7-13(10-12)14-8-9-15(18-14)16(2,3)11-17-4/h5-10,17H,11H2,1-4H3. The molecule has 0 bridgehead atoms. The third-order valence-electron chi connectivity index (χ3n) is 3.19. The Morgan fingerprint density at radius 2 is 1.94 bits per heavy atom. The van der Waals surface area contributed by atoms with Crippen molar-refractivity contribution in [1.29, 1.82) is 0 Å². The van der Waals surface area contributed by atoms with Gasteiger partial charge in [-0.25, -0.2) is 0 Å². The molecule has 0 fully saturated rings. The summed E-state index contributed by atoms with van der Waals surface area (Å²) in [6.07, 6.45) is 0. The molecule has 96 valence electrons. The van der Waals surface area contributed by atoms with Crippen LogP contribution in [-0.4, -0.2) is 13.6 Å². The summed E-state index contributed by atoms with van der Waals surface area (Å²) in [5, 5.41) is 3.27. The van der Waals surface area contributed by atoms with Gasteiger partial charge in [0.15, 0.2) is 0 Å². The Kier molecular flexibility index (Phi) is 3.88.